The van der Waals surface area contributed by atoms with Gasteiger partial charge in [0.15, 0.2) is 11.7 Å². The van der Waals surface area contributed by atoms with Gasteiger partial charge in [-0.05, 0) is 31.2 Å². The van der Waals surface area contributed by atoms with E-state index in [9.17, 15) is 19.2 Å². The number of rotatable bonds is 6. The van der Waals surface area contributed by atoms with E-state index in [0.29, 0.717) is 16.7 Å². The third-order valence-corrected chi connectivity index (χ3v) is 4.13. The Morgan fingerprint density at radius 2 is 1.72 bits per heavy atom. The minimum Gasteiger partial charge on any atom is -0.452 e. The number of aromatic nitrogens is 1. The standard InChI is InChI=1S/C20H19N3O6/c1-13(18(25)21-22-19(26)14-7-3-2-4-8-14)28-17(24)11-12-23-15-9-5-6-10-16(15)29-20(23)27/h2-10,13H,11-12H2,1H3,(H,21,25)(H,22,26)/t13-/m1/s1. The molecule has 1 heterocycles. The first kappa shape index (κ1) is 19.9. The summed E-state index contributed by atoms with van der Waals surface area (Å²) in [4.78, 5) is 47.8. The lowest BCUT2D eigenvalue weighted by atomic mass is 10.2. The number of aryl methyl sites for hydroxylation is 1. The molecule has 0 fully saturated rings. The average molecular weight is 397 g/mol. The molecule has 9 nitrogen and oxygen atoms in total. The fourth-order valence-electron chi connectivity index (χ4n) is 2.62. The summed E-state index contributed by atoms with van der Waals surface area (Å²) in [5.74, 6) is -2.43. The molecule has 0 bridgehead atoms. The second-order valence-electron chi connectivity index (χ2n) is 6.18. The first-order valence-corrected chi connectivity index (χ1v) is 8.89. The molecular weight excluding hydrogens is 378 g/mol. The van der Waals surface area contributed by atoms with Gasteiger partial charge in [-0.15, -0.1) is 0 Å². The predicted octanol–water partition coefficient (Wildman–Crippen LogP) is 1.38. The summed E-state index contributed by atoms with van der Waals surface area (Å²) < 4.78 is 11.5. The van der Waals surface area contributed by atoms with Crippen molar-refractivity contribution in [1.29, 1.82) is 0 Å². The highest BCUT2D eigenvalue weighted by Crippen LogP contribution is 2.12. The van der Waals surface area contributed by atoms with Gasteiger partial charge >= 0.3 is 11.7 Å². The van der Waals surface area contributed by atoms with E-state index in [4.69, 9.17) is 9.15 Å². The monoisotopic (exact) mass is 397 g/mol. The van der Waals surface area contributed by atoms with E-state index in [1.807, 2.05) is 0 Å². The minimum atomic E-state index is -1.13. The van der Waals surface area contributed by atoms with Gasteiger partial charge in [0.2, 0.25) is 0 Å². The third-order valence-electron chi connectivity index (χ3n) is 4.13. The van der Waals surface area contributed by atoms with E-state index < -0.39 is 29.6 Å². The van der Waals surface area contributed by atoms with E-state index in [-0.39, 0.29) is 13.0 Å². The van der Waals surface area contributed by atoms with Crippen molar-refractivity contribution in [3.63, 3.8) is 0 Å². The van der Waals surface area contributed by atoms with E-state index in [1.54, 1.807) is 54.6 Å². The maximum absolute atomic E-state index is 12.0. The molecule has 9 heteroatoms. The molecule has 2 amide bonds. The Bertz CT molecular complexity index is 1090. The molecule has 150 valence electrons. The van der Waals surface area contributed by atoms with Gasteiger partial charge in [-0.2, -0.15) is 0 Å². The topological polar surface area (TPSA) is 120 Å². The molecule has 2 N–H and O–H groups in total. The summed E-state index contributed by atoms with van der Waals surface area (Å²) in [7, 11) is 0. The summed E-state index contributed by atoms with van der Waals surface area (Å²) in [6, 6.07) is 15.2. The normalized spacial score (nSPS) is 11.6. The van der Waals surface area contributed by atoms with Crippen LogP contribution >= 0.6 is 0 Å². The number of nitrogens with zero attached hydrogens (tertiary/aromatic N) is 1. The number of esters is 1. The first-order chi connectivity index (χ1) is 14.0. The lowest BCUT2D eigenvalue weighted by Crippen LogP contribution is -2.46. The molecule has 3 aromatic rings. The maximum atomic E-state index is 12.0. The van der Waals surface area contributed by atoms with Crippen molar-refractivity contribution >= 4 is 28.9 Å². The fraction of sp³-hybridized carbons (Fsp3) is 0.200. The Morgan fingerprint density at radius 3 is 2.48 bits per heavy atom. The number of amides is 2. The fourth-order valence-corrected chi connectivity index (χ4v) is 2.62. The van der Waals surface area contributed by atoms with Crippen LogP contribution in [0.1, 0.15) is 23.7 Å². The number of hydrazine groups is 1. The van der Waals surface area contributed by atoms with Crippen LogP contribution in [0.25, 0.3) is 11.1 Å². The van der Waals surface area contributed by atoms with Crippen molar-refractivity contribution in [2.24, 2.45) is 0 Å². The molecule has 1 atom stereocenters. The van der Waals surface area contributed by atoms with Crippen molar-refractivity contribution in [2.75, 3.05) is 0 Å². The van der Waals surface area contributed by atoms with Crippen LogP contribution in [-0.4, -0.2) is 28.5 Å². The quantitative estimate of drug-likeness (QED) is 0.479. The van der Waals surface area contributed by atoms with Gasteiger partial charge < -0.3 is 9.15 Å². The molecule has 0 saturated carbocycles. The van der Waals surface area contributed by atoms with Gasteiger partial charge in [0.25, 0.3) is 11.8 Å². The van der Waals surface area contributed by atoms with Crippen molar-refractivity contribution in [1.82, 2.24) is 15.4 Å². The number of oxazole rings is 1. The number of ether oxygens (including phenoxy) is 1. The van der Waals surface area contributed by atoms with Crippen molar-refractivity contribution < 1.29 is 23.5 Å². The largest absolute Gasteiger partial charge is 0.452 e. The molecule has 0 radical (unpaired) electrons. The highest BCUT2D eigenvalue weighted by molar-refractivity contribution is 5.95. The Balaban J connectivity index is 1.48. The zero-order chi connectivity index (χ0) is 20.8. The SMILES string of the molecule is C[C@@H](OC(=O)CCn1c(=O)oc2ccccc21)C(=O)NNC(=O)c1ccccc1. The number of fused-ring (bicyclic) bond motifs is 1. The molecule has 0 spiro atoms. The number of hydrogen-bond acceptors (Lipinski definition) is 6. The molecule has 0 aliphatic rings. The van der Waals surface area contributed by atoms with Gasteiger partial charge in [-0.3, -0.25) is 29.8 Å². The van der Waals surface area contributed by atoms with Crippen molar-refractivity contribution in [2.45, 2.75) is 26.0 Å². The third kappa shape index (κ3) is 4.89. The second kappa shape index (κ2) is 8.87. The maximum Gasteiger partial charge on any atom is 0.419 e. The van der Waals surface area contributed by atoms with E-state index in [1.165, 1.54) is 11.5 Å². The molecule has 0 aliphatic carbocycles. The van der Waals surface area contributed by atoms with Crippen LogP contribution in [0.15, 0.2) is 63.8 Å². The minimum absolute atomic E-state index is 0.0494. The lowest BCUT2D eigenvalue weighted by molar-refractivity contribution is -0.155. The van der Waals surface area contributed by atoms with Crippen LogP contribution in [0.3, 0.4) is 0 Å². The van der Waals surface area contributed by atoms with Crippen LogP contribution in [0.4, 0.5) is 0 Å². The predicted molar refractivity (Wildman–Crippen MR) is 103 cm³/mol. The summed E-state index contributed by atoms with van der Waals surface area (Å²) in [6.45, 7) is 1.43. The van der Waals surface area contributed by atoms with Gasteiger partial charge in [0.05, 0.1) is 11.9 Å². The molecule has 3 rings (SSSR count). The zero-order valence-corrected chi connectivity index (χ0v) is 15.6. The van der Waals surface area contributed by atoms with Crippen molar-refractivity contribution in [3.8, 4) is 0 Å². The second-order valence-corrected chi connectivity index (χ2v) is 6.18. The Kier molecular flexibility index (Phi) is 6.08. The van der Waals surface area contributed by atoms with Gasteiger partial charge in [0, 0.05) is 12.1 Å². The summed E-state index contributed by atoms with van der Waals surface area (Å²) in [5, 5.41) is 0. The molecule has 0 aliphatic heterocycles. The summed E-state index contributed by atoms with van der Waals surface area (Å²) in [5.41, 5.74) is 5.81. The Morgan fingerprint density at radius 1 is 1.03 bits per heavy atom. The van der Waals surface area contributed by atoms with E-state index in [0.717, 1.165) is 0 Å². The average Bonchev–Trinajstić information content (AvgIpc) is 3.05. The van der Waals surface area contributed by atoms with Crippen molar-refractivity contribution in [3.05, 3.63) is 70.7 Å². The number of para-hydroxylation sites is 2. The Labute approximate surface area is 165 Å². The van der Waals surface area contributed by atoms with Gasteiger partial charge in [0.1, 0.15) is 0 Å². The molecule has 1 aromatic heterocycles. The first-order valence-electron chi connectivity index (χ1n) is 8.89. The molecule has 0 unspecified atom stereocenters. The molecule has 2 aromatic carbocycles. The zero-order valence-electron chi connectivity index (χ0n) is 15.6. The smallest absolute Gasteiger partial charge is 0.419 e. The number of hydrogen-bond donors (Lipinski definition) is 2. The van der Waals surface area contributed by atoms with Gasteiger partial charge in [-0.1, -0.05) is 30.3 Å². The van der Waals surface area contributed by atoms with E-state index >= 15 is 0 Å². The summed E-state index contributed by atoms with van der Waals surface area (Å²) in [6.07, 6.45) is -1.26. The number of benzene rings is 2. The van der Waals surface area contributed by atoms with Crippen LogP contribution in [-0.2, 0) is 20.9 Å². The van der Waals surface area contributed by atoms with E-state index in [2.05, 4.69) is 10.9 Å². The highest BCUT2D eigenvalue weighted by Gasteiger charge is 2.19. The molecule has 0 saturated heterocycles. The summed E-state index contributed by atoms with van der Waals surface area (Å²) >= 11 is 0. The number of nitrogens with one attached hydrogen (secondary N) is 2. The van der Waals surface area contributed by atoms with Crippen LogP contribution in [0.5, 0.6) is 0 Å². The number of carbonyl (C=O) groups is 3. The highest BCUT2D eigenvalue weighted by atomic mass is 16.5. The molecular formula is C20H19N3O6. The van der Waals surface area contributed by atoms with Gasteiger partial charge in [-0.25, -0.2) is 4.79 Å². The lowest BCUT2D eigenvalue weighted by Gasteiger charge is -2.14. The van der Waals surface area contributed by atoms with Crippen LogP contribution < -0.4 is 16.6 Å². The van der Waals surface area contributed by atoms with Crippen LogP contribution in [0.2, 0.25) is 0 Å². The van der Waals surface area contributed by atoms with Crippen LogP contribution in [0, 0.1) is 0 Å². The number of carbonyl (C=O) groups excluding carboxylic acids is 3. The Hall–Kier alpha value is -3.88. The molecule has 29 heavy (non-hydrogen) atoms.